The first-order valence-corrected chi connectivity index (χ1v) is 5.23. The lowest BCUT2D eigenvalue weighted by Gasteiger charge is -2.20. The van der Waals surface area contributed by atoms with E-state index >= 15 is 0 Å². The van der Waals surface area contributed by atoms with Gasteiger partial charge in [0.15, 0.2) is 6.61 Å². The highest BCUT2D eigenvalue weighted by molar-refractivity contribution is 5.97. The topological polar surface area (TPSA) is 84.9 Å². The molecule has 0 aromatic heterocycles. The number of alkyl carbamates (subject to hydrolysis) is 1. The van der Waals surface area contributed by atoms with Gasteiger partial charge in [-0.25, -0.2) is 14.5 Å². The van der Waals surface area contributed by atoms with Gasteiger partial charge in [-0.3, -0.25) is 4.79 Å². The third-order valence-electron chi connectivity index (χ3n) is 1.84. The highest BCUT2D eigenvalue weighted by Crippen LogP contribution is 2.06. The lowest BCUT2D eigenvalue weighted by molar-refractivity contribution is -0.125. The molecule has 1 fully saturated rings. The summed E-state index contributed by atoms with van der Waals surface area (Å²) in [5, 5.41) is 2.44. The average molecular weight is 244 g/mol. The van der Waals surface area contributed by atoms with Crippen LogP contribution in [0.25, 0.3) is 0 Å². The summed E-state index contributed by atoms with van der Waals surface area (Å²) in [6.07, 6.45) is -1.27. The molecule has 0 aromatic rings. The predicted molar refractivity (Wildman–Crippen MR) is 57.3 cm³/mol. The molecule has 1 aliphatic heterocycles. The molecule has 1 saturated heterocycles. The third kappa shape index (κ3) is 4.29. The average Bonchev–Trinajstić information content (AvgIpc) is 2.46. The minimum atomic E-state index is -0.680. The fourth-order valence-corrected chi connectivity index (χ4v) is 1.18. The molecule has 0 atom stereocenters. The number of amides is 3. The van der Waals surface area contributed by atoms with Gasteiger partial charge in [0.05, 0.1) is 0 Å². The Morgan fingerprint density at radius 1 is 1.47 bits per heavy atom. The first-order chi connectivity index (χ1) is 7.79. The molecule has 1 aliphatic rings. The zero-order valence-electron chi connectivity index (χ0n) is 10.1. The third-order valence-corrected chi connectivity index (χ3v) is 1.84. The Morgan fingerprint density at radius 3 is 2.59 bits per heavy atom. The van der Waals surface area contributed by atoms with Crippen molar-refractivity contribution in [1.82, 2.24) is 10.2 Å². The molecule has 0 unspecified atom stereocenters. The van der Waals surface area contributed by atoms with E-state index in [9.17, 15) is 14.4 Å². The van der Waals surface area contributed by atoms with Gasteiger partial charge in [-0.05, 0) is 20.8 Å². The lowest BCUT2D eigenvalue weighted by atomic mass is 10.2. The Morgan fingerprint density at radius 2 is 2.12 bits per heavy atom. The number of ether oxygens (including phenoxy) is 2. The Kier molecular flexibility index (Phi) is 3.93. The van der Waals surface area contributed by atoms with Crippen molar-refractivity contribution in [3.63, 3.8) is 0 Å². The van der Waals surface area contributed by atoms with Crippen molar-refractivity contribution in [2.24, 2.45) is 0 Å². The zero-order chi connectivity index (χ0) is 13.1. The molecule has 96 valence electrons. The van der Waals surface area contributed by atoms with Crippen LogP contribution in [0.4, 0.5) is 9.59 Å². The number of nitrogens with one attached hydrogen (secondary N) is 1. The van der Waals surface area contributed by atoms with Gasteiger partial charge in [0, 0.05) is 13.1 Å². The number of cyclic esters (lactones) is 1. The number of carbonyl (C=O) groups is 3. The molecule has 17 heavy (non-hydrogen) atoms. The van der Waals surface area contributed by atoms with Gasteiger partial charge in [0.25, 0.3) is 5.91 Å². The van der Waals surface area contributed by atoms with Crippen molar-refractivity contribution in [2.75, 3.05) is 19.7 Å². The van der Waals surface area contributed by atoms with Crippen LogP contribution in [-0.4, -0.2) is 48.3 Å². The van der Waals surface area contributed by atoms with Crippen LogP contribution >= 0.6 is 0 Å². The van der Waals surface area contributed by atoms with E-state index in [1.807, 2.05) is 0 Å². The van der Waals surface area contributed by atoms with Crippen molar-refractivity contribution in [1.29, 1.82) is 0 Å². The number of carbonyl (C=O) groups excluding carboxylic acids is 3. The number of hydrogen-bond donors (Lipinski definition) is 1. The minimum absolute atomic E-state index is 0.0803. The Labute approximate surface area is 99.0 Å². The second-order valence-electron chi connectivity index (χ2n) is 4.53. The van der Waals surface area contributed by atoms with Gasteiger partial charge in [-0.15, -0.1) is 0 Å². The zero-order valence-corrected chi connectivity index (χ0v) is 10.1. The van der Waals surface area contributed by atoms with Crippen LogP contribution in [-0.2, 0) is 14.3 Å². The van der Waals surface area contributed by atoms with Gasteiger partial charge >= 0.3 is 12.2 Å². The van der Waals surface area contributed by atoms with Crippen molar-refractivity contribution in [2.45, 2.75) is 26.4 Å². The van der Waals surface area contributed by atoms with Crippen LogP contribution in [0.1, 0.15) is 20.8 Å². The second-order valence-corrected chi connectivity index (χ2v) is 4.53. The molecule has 0 radical (unpaired) electrons. The maximum absolute atomic E-state index is 11.2. The molecule has 1 N–H and O–H groups in total. The van der Waals surface area contributed by atoms with Crippen LogP contribution in [0.5, 0.6) is 0 Å². The molecular formula is C10H16N2O5. The van der Waals surface area contributed by atoms with E-state index in [0.717, 1.165) is 4.90 Å². The Hall–Kier alpha value is -1.79. The van der Waals surface area contributed by atoms with Crippen LogP contribution in [0, 0.1) is 0 Å². The highest BCUT2D eigenvalue weighted by atomic mass is 16.6. The number of rotatable bonds is 3. The monoisotopic (exact) mass is 244 g/mol. The summed E-state index contributed by atoms with van der Waals surface area (Å²) in [5.41, 5.74) is -0.577. The molecule has 0 saturated carbocycles. The van der Waals surface area contributed by atoms with E-state index in [1.54, 1.807) is 20.8 Å². The minimum Gasteiger partial charge on any atom is -0.444 e. The first kappa shape index (κ1) is 13.3. The molecule has 3 amide bonds. The van der Waals surface area contributed by atoms with Crippen molar-refractivity contribution in [3.8, 4) is 0 Å². The quantitative estimate of drug-likeness (QED) is 0.781. The molecule has 1 rings (SSSR count). The van der Waals surface area contributed by atoms with E-state index < -0.39 is 23.7 Å². The van der Waals surface area contributed by atoms with Gasteiger partial charge in [-0.2, -0.15) is 0 Å². The number of imide groups is 1. The van der Waals surface area contributed by atoms with Crippen molar-refractivity contribution < 1.29 is 23.9 Å². The summed E-state index contributed by atoms with van der Waals surface area (Å²) in [6.45, 7) is 5.22. The first-order valence-electron chi connectivity index (χ1n) is 5.23. The molecule has 0 aromatic carbocycles. The van der Waals surface area contributed by atoms with Crippen LogP contribution in [0.3, 0.4) is 0 Å². The number of nitrogens with zero attached hydrogens (tertiary/aromatic N) is 1. The van der Waals surface area contributed by atoms with Crippen LogP contribution < -0.4 is 5.32 Å². The Bertz CT molecular complexity index is 318. The fraction of sp³-hybridized carbons (Fsp3) is 0.700. The summed E-state index contributed by atoms with van der Waals surface area (Å²) < 4.78 is 9.50. The van der Waals surface area contributed by atoms with E-state index in [1.165, 1.54) is 0 Å². The van der Waals surface area contributed by atoms with Crippen LogP contribution in [0.15, 0.2) is 0 Å². The molecule has 0 spiro atoms. The normalized spacial score (nSPS) is 15.8. The van der Waals surface area contributed by atoms with E-state index in [2.05, 4.69) is 10.1 Å². The van der Waals surface area contributed by atoms with E-state index in [-0.39, 0.29) is 19.7 Å². The summed E-state index contributed by atoms with van der Waals surface area (Å²) >= 11 is 0. The van der Waals surface area contributed by atoms with Crippen LogP contribution in [0.2, 0.25) is 0 Å². The standard InChI is InChI=1S/C10H16N2O5/c1-10(2,3)17-8(14)11-4-5-12-7(13)6-16-9(12)15/h4-6H2,1-3H3,(H,11,14). The van der Waals surface area contributed by atoms with Gasteiger partial charge < -0.3 is 14.8 Å². The molecule has 0 aliphatic carbocycles. The van der Waals surface area contributed by atoms with Gasteiger partial charge in [-0.1, -0.05) is 0 Å². The predicted octanol–water partition coefficient (Wildman–Crippen LogP) is 0.490. The summed E-state index contributed by atoms with van der Waals surface area (Å²) in [4.78, 5) is 34.3. The smallest absolute Gasteiger partial charge is 0.417 e. The van der Waals surface area contributed by atoms with E-state index in [0.29, 0.717) is 0 Å². The second kappa shape index (κ2) is 5.03. The largest absolute Gasteiger partial charge is 0.444 e. The van der Waals surface area contributed by atoms with Crippen molar-refractivity contribution in [3.05, 3.63) is 0 Å². The van der Waals surface area contributed by atoms with Gasteiger partial charge in [0.1, 0.15) is 5.60 Å². The maximum atomic E-state index is 11.2. The molecule has 7 nitrogen and oxygen atoms in total. The highest BCUT2D eigenvalue weighted by Gasteiger charge is 2.30. The SMILES string of the molecule is CC(C)(C)OC(=O)NCCN1C(=O)COC1=O. The molecule has 7 heteroatoms. The maximum Gasteiger partial charge on any atom is 0.417 e. The van der Waals surface area contributed by atoms with Crippen molar-refractivity contribution >= 4 is 18.1 Å². The molecule has 0 bridgehead atoms. The summed E-state index contributed by atoms with van der Waals surface area (Å²) in [7, 11) is 0. The fourth-order valence-electron chi connectivity index (χ4n) is 1.18. The molecular weight excluding hydrogens is 228 g/mol. The van der Waals surface area contributed by atoms with E-state index in [4.69, 9.17) is 4.74 Å². The summed E-state index contributed by atoms with van der Waals surface area (Å²) in [6, 6.07) is 0. The number of hydrogen-bond acceptors (Lipinski definition) is 5. The van der Waals surface area contributed by atoms with Gasteiger partial charge in [0.2, 0.25) is 0 Å². The lowest BCUT2D eigenvalue weighted by Crippen LogP contribution is -2.39. The Balaban J connectivity index is 2.26. The molecule has 1 heterocycles. The summed E-state index contributed by atoms with van der Waals surface area (Å²) in [5.74, 6) is -0.402.